The second-order valence-electron chi connectivity index (χ2n) is 4.81. The van der Waals surface area contributed by atoms with Crippen molar-refractivity contribution in [1.82, 2.24) is 4.90 Å². The van der Waals surface area contributed by atoms with Gasteiger partial charge in [-0.05, 0) is 44.0 Å². The number of benzene rings is 1. The van der Waals surface area contributed by atoms with E-state index in [-0.39, 0.29) is 0 Å². The SMILES string of the molecule is CCC(c1ccccc1O)C(C)CN(C)C. The minimum Gasteiger partial charge on any atom is -0.508 e. The number of phenols is 1. The molecule has 0 saturated carbocycles. The van der Waals surface area contributed by atoms with Crippen LogP contribution in [0.5, 0.6) is 5.75 Å². The summed E-state index contributed by atoms with van der Waals surface area (Å²) in [4.78, 5) is 2.20. The van der Waals surface area contributed by atoms with E-state index in [9.17, 15) is 5.11 Å². The van der Waals surface area contributed by atoms with Crippen LogP contribution in [0.25, 0.3) is 0 Å². The molecule has 2 unspecified atom stereocenters. The number of phenolic OH excluding ortho intramolecular Hbond substituents is 1. The fraction of sp³-hybridized carbons (Fsp3) is 0.571. The van der Waals surface area contributed by atoms with E-state index in [1.165, 1.54) is 0 Å². The van der Waals surface area contributed by atoms with Crippen molar-refractivity contribution in [3.63, 3.8) is 0 Å². The second kappa shape index (κ2) is 5.90. The summed E-state index contributed by atoms with van der Waals surface area (Å²) >= 11 is 0. The van der Waals surface area contributed by atoms with Gasteiger partial charge in [-0.2, -0.15) is 0 Å². The first kappa shape index (κ1) is 13.0. The fourth-order valence-corrected chi connectivity index (χ4v) is 2.43. The fourth-order valence-electron chi connectivity index (χ4n) is 2.43. The van der Waals surface area contributed by atoms with Gasteiger partial charge in [0.05, 0.1) is 0 Å². The van der Waals surface area contributed by atoms with Gasteiger partial charge in [-0.3, -0.25) is 0 Å². The maximum atomic E-state index is 9.88. The molecule has 2 heteroatoms. The van der Waals surface area contributed by atoms with E-state index in [0.29, 0.717) is 17.6 Å². The molecule has 2 atom stereocenters. The van der Waals surface area contributed by atoms with Crippen LogP contribution in [0.3, 0.4) is 0 Å². The van der Waals surface area contributed by atoms with E-state index in [4.69, 9.17) is 0 Å². The number of nitrogens with zero attached hydrogens (tertiary/aromatic N) is 1. The summed E-state index contributed by atoms with van der Waals surface area (Å²) in [7, 11) is 4.18. The van der Waals surface area contributed by atoms with E-state index < -0.39 is 0 Å². The van der Waals surface area contributed by atoms with Gasteiger partial charge in [0.25, 0.3) is 0 Å². The summed E-state index contributed by atoms with van der Waals surface area (Å²) < 4.78 is 0. The molecule has 0 fully saturated rings. The molecule has 0 aromatic heterocycles. The van der Waals surface area contributed by atoms with Gasteiger partial charge in [0.15, 0.2) is 0 Å². The van der Waals surface area contributed by atoms with Gasteiger partial charge < -0.3 is 10.0 Å². The summed E-state index contributed by atoms with van der Waals surface area (Å²) in [6.07, 6.45) is 1.06. The Balaban J connectivity index is 2.86. The summed E-state index contributed by atoms with van der Waals surface area (Å²) in [5.74, 6) is 1.41. The number of rotatable bonds is 5. The number of aromatic hydroxyl groups is 1. The van der Waals surface area contributed by atoms with E-state index in [2.05, 4.69) is 32.8 Å². The van der Waals surface area contributed by atoms with Gasteiger partial charge in [0, 0.05) is 6.54 Å². The molecule has 1 aromatic carbocycles. The van der Waals surface area contributed by atoms with Crippen molar-refractivity contribution < 1.29 is 5.11 Å². The standard InChI is InChI=1S/C14H23NO/c1-5-12(11(2)10-15(3)4)13-8-6-7-9-14(13)16/h6-9,11-12,16H,5,10H2,1-4H3. The largest absolute Gasteiger partial charge is 0.508 e. The van der Waals surface area contributed by atoms with Crippen LogP contribution in [0.1, 0.15) is 31.7 Å². The van der Waals surface area contributed by atoms with Crippen molar-refractivity contribution in [2.75, 3.05) is 20.6 Å². The van der Waals surface area contributed by atoms with Crippen molar-refractivity contribution in [3.8, 4) is 5.75 Å². The Kier molecular flexibility index (Phi) is 4.81. The lowest BCUT2D eigenvalue weighted by Gasteiger charge is -2.26. The summed E-state index contributed by atoms with van der Waals surface area (Å²) in [6, 6.07) is 7.69. The molecule has 0 aliphatic carbocycles. The van der Waals surface area contributed by atoms with Crippen LogP contribution in [0.2, 0.25) is 0 Å². The van der Waals surface area contributed by atoms with Crippen molar-refractivity contribution in [2.45, 2.75) is 26.2 Å². The van der Waals surface area contributed by atoms with Crippen LogP contribution in [-0.4, -0.2) is 30.6 Å². The lowest BCUT2D eigenvalue weighted by molar-refractivity contribution is 0.298. The Bertz CT molecular complexity index is 322. The van der Waals surface area contributed by atoms with Crippen LogP contribution in [0.15, 0.2) is 24.3 Å². The normalized spacial score (nSPS) is 15.1. The predicted octanol–water partition coefficient (Wildman–Crippen LogP) is 3.08. The van der Waals surface area contributed by atoms with Crippen molar-refractivity contribution in [1.29, 1.82) is 0 Å². The molecule has 0 aliphatic heterocycles. The smallest absolute Gasteiger partial charge is 0.119 e. The zero-order valence-electron chi connectivity index (χ0n) is 10.8. The molecule has 0 aliphatic rings. The van der Waals surface area contributed by atoms with Crippen LogP contribution < -0.4 is 0 Å². The molecule has 0 radical (unpaired) electrons. The first-order chi connectivity index (χ1) is 7.56. The van der Waals surface area contributed by atoms with Gasteiger partial charge in [0.2, 0.25) is 0 Å². The highest BCUT2D eigenvalue weighted by Crippen LogP contribution is 2.33. The molecule has 16 heavy (non-hydrogen) atoms. The van der Waals surface area contributed by atoms with Gasteiger partial charge >= 0.3 is 0 Å². The zero-order valence-corrected chi connectivity index (χ0v) is 10.8. The predicted molar refractivity (Wildman–Crippen MR) is 68.9 cm³/mol. The molecule has 0 saturated heterocycles. The third-order valence-electron chi connectivity index (χ3n) is 3.12. The van der Waals surface area contributed by atoms with E-state index in [0.717, 1.165) is 18.5 Å². The minimum atomic E-state index is 0.431. The summed E-state index contributed by atoms with van der Waals surface area (Å²) in [6.45, 7) is 5.48. The molecule has 1 rings (SSSR count). The average molecular weight is 221 g/mol. The molecule has 90 valence electrons. The molecule has 2 nitrogen and oxygen atoms in total. The van der Waals surface area contributed by atoms with Crippen LogP contribution in [-0.2, 0) is 0 Å². The Morgan fingerprint density at radius 2 is 1.88 bits per heavy atom. The van der Waals surface area contributed by atoms with Crippen LogP contribution >= 0.6 is 0 Å². The minimum absolute atomic E-state index is 0.431. The van der Waals surface area contributed by atoms with E-state index in [1.807, 2.05) is 18.2 Å². The number of hydrogen-bond acceptors (Lipinski definition) is 2. The van der Waals surface area contributed by atoms with Crippen LogP contribution in [0.4, 0.5) is 0 Å². The molecule has 1 aromatic rings. The van der Waals surface area contributed by atoms with Gasteiger partial charge in [-0.25, -0.2) is 0 Å². The van der Waals surface area contributed by atoms with Gasteiger partial charge in [0.1, 0.15) is 5.75 Å². The Morgan fingerprint density at radius 1 is 1.25 bits per heavy atom. The van der Waals surface area contributed by atoms with Crippen molar-refractivity contribution in [2.24, 2.45) is 5.92 Å². The highest BCUT2D eigenvalue weighted by atomic mass is 16.3. The Labute approximate surface area is 98.9 Å². The van der Waals surface area contributed by atoms with Crippen molar-refractivity contribution in [3.05, 3.63) is 29.8 Å². The summed E-state index contributed by atoms with van der Waals surface area (Å²) in [5.41, 5.74) is 1.08. The highest BCUT2D eigenvalue weighted by molar-refractivity contribution is 5.35. The summed E-state index contributed by atoms with van der Waals surface area (Å²) in [5, 5.41) is 9.88. The molecule has 0 amide bonds. The Hall–Kier alpha value is -1.02. The molecule has 1 N–H and O–H groups in total. The molecule has 0 bridgehead atoms. The topological polar surface area (TPSA) is 23.5 Å². The number of para-hydroxylation sites is 1. The maximum Gasteiger partial charge on any atom is 0.119 e. The molecular weight excluding hydrogens is 198 g/mol. The van der Waals surface area contributed by atoms with Crippen molar-refractivity contribution >= 4 is 0 Å². The maximum absolute atomic E-state index is 9.88. The number of hydrogen-bond donors (Lipinski definition) is 1. The molecular formula is C14H23NO. The highest BCUT2D eigenvalue weighted by Gasteiger charge is 2.20. The lowest BCUT2D eigenvalue weighted by Crippen LogP contribution is -2.24. The first-order valence-electron chi connectivity index (χ1n) is 5.98. The second-order valence-corrected chi connectivity index (χ2v) is 4.81. The van der Waals surface area contributed by atoms with Gasteiger partial charge in [-0.1, -0.05) is 32.0 Å². The molecule has 0 spiro atoms. The third kappa shape index (κ3) is 3.24. The van der Waals surface area contributed by atoms with Crippen LogP contribution in [0, 0.1) is 5.92 Å². The third-order valence-corrected chi connectivity index (χ3v) is 3.12. The monoisotopic (exact) mass is 221 g/mol. The van der Waals surface area contributed by atoms with E-state index in [1.54, 1.807) is 6.07 Å². The Morgan fingerprint density at radius 3 is 2.38 bits per heavy atom. The lowest BCUT2D eigenvalue weighted by atomic mass is 9.84. The van der Waals surface area contributed by atoms with E-state index >= 15 is 0 Å². The zero-order chi connectivity index (χ0) is 12.1. The van der Waals surface area contributed by atoms with Gasteiger partial charge in [-0.15, -0.1) is 0 Å². The average Bonchev–Trinajstić information content (AvgIpc) is 2.20. The first-order valence-corrected chi connectivity index (χ1v) is 5.98. The molecule has 0 heterocycles. The quantitative estimate of drug-likeness (QED) is 0.826.